The Morgan fingerprint density at radius 3 is 2.59 bits per heavy atom. The number of hydrogen-bond donors (Lipinski definition) is 2. The predicted octanol–water partition coefficient (Wildman–Crippen LogP) is 2.99. The fraction of sp³-hybridized carbons (Fsp3) is 0.421. The van der Waals surface area contributed by atoms with Gasteiger partial charge < -0.3 is 19.9 Å². The molecule has 0 saturated heterocycles. The van der Waals surface area contributed by atoms with Crippen LogP contribution in [-0.2, 0) is 16.0 Å². The van der Waals surface area contributed by atoms with Crippen LogP contribution in [-0.4, -0.2) is 42.2 Å². The first-order valence-corrected chi connectivity index (χ1v) is 9.41. The minimum absolute atomic E-state index is 0.0185. The number of benzene rings is 1. The molecular formula is C19H24N2O5S. The maximum absolute atomic E-state index is 12.2. The highest BCUT2D eigenvalue weighted by molar-refractivity contribution is 7.13. The summed E-state index contributed by atoms with van der Waals surface area (Å²) < 4.78 is 10.7. The molecule has 0 aliphatic rings. The van der Waals surface area contributed by atoms with Crippen molar-refractivity contribution in [2.75, 3.05) is 14.2 Å². The monoisotopic (exact) mass is 392 g/mol. The van der Waals surface area contributed by atoms with Crippen LogP contribution in [0.2, 0.25) is 0 Å². The first-order valence-electron chi connectivity index (χ1n) is 8.53. The topological polar surface area (TPSA) is 97.8 Å². The van der Waals surface area contributed by atoms with Gasteiger partial charge in [0.25, 0.3) is 0 Å². The van der Waals surface area contributed by atoms with Gasteiger partial charge in [0.1, 0.15) is 11.0 Å². The molecule has 0 unspecified atom stereocenters. The van der Waals surface area contributed by atoms with E-state index in [4.69, 9.17) is 9.47 Å². The molecule has 0 bridgehead atoms. The molecule has 0 fully saturated rings. The first kappa shape index (κ1) is 20.7. The highest BCUT2D eigenvalue weighted by Gasteiger charge is 2.22. The van der Waals surface area contributed by atoms with E-state index in [1.54, 1.807) is 25.7 Å². The number of amides is 1. The Kier molecular flexibility index (Phi) is 7.18. The predicted molar refractivity (Wildman–Crippen MR) is 103 cm³/mol. The standard InChI is InChI=1S/C19H24N2O5S/c1-11(2)8-14(19(23)24)21-16(22)9-12-10-27-18(20-12)13-6-5-7-15(25-3)17(13)26-4/h5-7,10-11,14H,8-9H2,1-4H3,(H,21,22)(H,23,24)/t14-/m0/s1. The van der Waals surface area contributed by atoms with Crippen molar-refractivity contribution in [1.29, 1.82) is 0 Å². The quantitative estimate of drug-likeness (QED) is 0.681. The van der Waals surface area contributed by atoms with E-state index in [0.29, 0.717) is 28.6 Å². The second kappa shape index (κ2) is 9.36. The Balaban J connectivity index is 2.12. The van der Waals surface area contributed by atoms with Crippen LogP contribution in [0.15, 0.2) is 23.6 Å². The van der Waals surface area contributed by atoms with Crippen LogP contribution in [0.4, 0.5) is 0 Å². The number of nitrogens with zero attached hydrogens (tertiary/aromatic N) is 1. The molecule has 1 heterocycles. The Morgan fingerprint density at radius 2 is 2.00 bits per heavy atom. The molecular weight excluding hydrogens is 368 g/mol. The maximum Gasteiger partial charge on any atom is 0.326 e. The zero-order valence-electron chi connectivity index (χ0n) is 15.8. The molecule has 0 aliphatic heterocycles. The number of carboxylic acids is 1. The summed E-state index contributed by atoms with van der Waals surface area (Å²) in [5, 5.41) is 14.3. The molecule has 8 heteroatoms. The Bertz CT molecular complexity index is 803. The van der Waals surface area contributed by atoms with Crippen molar-refractivity contribution >= 4 is 23.2 Å². The lowest BCUT2D eigenvalue weighted by atomic mass is 10.0. The van der Waals surface area contributed by atoms with Gasteiger partial charge in [0.05, 0.1) is 31.9 Å². The van der Waals surface area contributed by atoms with Gasteiger partial charge in [-0.05, 0) is 24.5 Å². The molecule has 0 aliphatic carbocycles. The lowest BCUT2D eigenvalue weighted by molar-refractivity contribution is -0.142. The van der Waals surface area contributed by atoms with Gasteiger partial charge in [0.15, 0.2) is 11.5 Å². The molecule has 7 nitrogen and oxygen atoms in total. The molecule has 146 valence electrons. The zero-order valence-corrected chi connectivity index (χ0v) is 16.6. The van der Waals surface area contributed by atoms with Crippen molar-refractivity contribution in [2.24, 2.45) is 5.92 Å². The number of aromatic nitrogens is 1. The van der Waals surface area contributed by atoms with E-state index in [9.17, 15) is 14.7 Å². The second-order valence-corrected chi connectivity index (χ2v) is 7.31. The fourth-order valence-corrected chi connectivity index (χ4v) is 3.51. The summed E-state index contributed by atoms with van der Waals surface area (Å²) in [6.07, 6.45) is 0.398. The molecule has 1 aromatic carbocycles. The lowest BCUT2D eigenvalue weighted by Gasteiger charge is -2.16. The number of para-hydroxylation sites is 1. The highest BCUT2D eigenvalue weighted by atomic mass is 32.1. The average molecular weight is 392 g/mol. The van der Waals surface area contributed by atoms with Crippen molar-refractivity contribution in [3.63, 3.8) is 0 Å². The van der Waals surface area contributed by atoms with Crippen LogP contribution in [0.1, 0.15) is 26.0 Å². The summed E-state index contributed by atoms with van der Waals surface area (Å²) in [4.78, 5) is 28.0. The molecule has 27 heavy (non-hydrogen) atoms. The number of aliphatic carboxylic acids is 1. The number of methoxy groups -OCH3 is 2. The zero-order chi connectivity index (χ0) is 20.0. The largest absolute Gasteiger partial charge is 0.493 e. The van der Waals surface area contributed by atoms with Gasteiger partial charge in [-0.1, -0.05) is 19.9 Å². The molecule has 0 spiro atoms. The number of carbonyl (C=O) groups is 2. The van der Waals surface area contributed by atoms with E-state index in [2.05, 4.69) is 10.3 Å². The van der Waals surface area contributed by atoms with Gasteiger partial charge >= 0.3 is 5.97 Å². The third-order valence-electron chi connectivity index (χ3n) is 3.87. The minimum Gasteiger partial charge on any atom is -0.493 e. The van der Waals surface area contributed by atoms with Crippen LogP contribution in [0.5, 0.6) is 11.5 Å². The molecule has 1 amide bonds. The molecule has 0 radical (unpaired) electrons. The fourth-order valence-electron chi connectivity index (χ4n) is 2.67. The molecule has 2 N–H and O–H groups in total. The van der Waals surface area contributed by atoms with E-state index in [1.807, 2.05) is 26.0 Å². The number of rotatable bonds is 9. The van der Waals surface area contributed by atoms with Crippen molar-refractivity contribution in [2.45, 2.75) is 32.7 Å². The number of hydrogen-bond acceptors (Lipinski definition) is 6. The van der Waals surface area contributed by atoms with Crippen molar-refractivity contribution in [1.82, 2.24) is 10.3 Å². The summed E-state index contributed by atoms with van der Waals surface area (Å²) in [5.74, 6) is -0.0526. The van der Waals surface area contributed by atoms with E-state index in [-0.39, 0.29) is 18.2 Å². The maximum atomic E-state index is 12.2. The number of carbonyl (C=O) groups excluding carboxylic acids is 1. The summed E-state index contributed by atoms with van der Waals surface area (Å²) in [7, 11) is 3.12. The summed E-state index contributed by atoms with van der Waals surface area (Å²) in [6, 6.07) is 4.61. The smallest absolute Gasteiger partial charge is 0.326 e. The van der Waals surface area contributed by atoms with Crippen LogP contribution in [0, 0.1) is 5.92 Å². The second-order valence-electron chi connectivity index (χ2n) is 6.45. The number of ether oxygens (including phenoxy) is 2. The first-order chi connectivity index (χ1) is 12.8. The van der Waals surface area contributed by atoms with E-state index < -0.39 is 12.0 Å². The van der Waals surface area contributed by atoms with Crippen LogP contribution in [0.25, 0.3) is 10.6 Å². The van der Waals surface area contributed by atoms with Gasteiger partial charge in [-0.15, -0.1) is 11.3 Å². The minimum atomic E-state index is -1.03. The highest BCUT2D eigenvalue weighted by Crippen LogP contribution is 2.38. The molecule has 2 aromatic rings. The number of thiazole rings is 1. The summed E-state index contributed by atoms with van der Waals surface area (Å²) in [5.41, 5.74) is 1.35. The molecule has 2 rings (SSSR count). The Hall–Kier alpha value is -2.61. The van der Waals surface area contributed by atoms with Crippen LogP contribution < -0.4 is 14.8 Å². The van der Waals surface area contributed by atoms with Gasteiger partial charge in [-0.25, -0.2) is 9.78 Å². The van der Waals surface area contributed by atoms with E-state index >= 15 is 0 Å². The van der Waals surface area contributed by atoms with Crippen LogP contribution >= 0.6 is 11.3 Å². The molecule has 1 atom stereocenters. The molecule has 1 aromatic heterocycles. The summed E-state index contributed by atoms with van der Waals surface area (Å²) >= 11 is 1.39. The summed E-state index contributed by atoms with van der Waals surface area (Å²) in [6.45, 7) is 3.83. The van der Waals surface area contributed by atoms with E-state index in [1.165, 1.54) is 11.3 Å². The molecule has 0 saturated carbocycles. The Labute approximate surface area is 162 Å². The third kappa shape index (κ3) is 5.43. The van der Waals surface area contributed by atoms with Crippen LogP contribution in [0.3, 0.4) is 0 Å². The van der Waals surface area contributed by atoms with E-state index in [0.717, 1.165) is 5.56 Å². The SMILES string of the molecule is COc1cccc(-c2nc(CC(=O)N[C@@H](CC(C)C)C(=O)O)cs2)c1OC. The number of carboxylic acid groups (broad SMARTS) is 1. The van der Waals surface area contributed by atoms with Gasteiger partial charge in [-0.2, -0.15) is 0 Å². The lowest BCUT2D eigenvalue weighted by Crippen LogP contribution is -2.42. The Morgan fingerprint density at radius 1 is 1.26 bits per heavy atom. The number of nitrogens with one attached hydrogen (secondary N) is 1. The third-order valence-corrected chi connectivity index (χ3v) is 4.79. The van der Waals surface area contributed by atoms with Crippen molar-refractivity contribution in [3.05, 3.63) is 29.3 Å². The van der Waals surface area contributed by atoms with Gasteiger partial charge in [0, 0.05) is 5.38 Å². The average Bonchev–Trinajstić information content (AvgIpc) is 3.07. The van der Waals surface area contributed by atoms with Crippen molar-refractivity contribution in [3.8, 4) is 22.1 Å². The van der Waals surface area contributed by atoms with Gasteiger partial charge in [0.2, 0.25) is 5.91 Å². The van der Waals surface area contributed by atoms with Gasteiger partial charge in [-0.3, -0.25) is 4.79 Å². The van der Waals surface area contributed by atoms with Crippen molar-refractivity contribution < 1.29 is 24.2 Å². The normalized spacial score (nSPS) is 11.9.